The first-order chi connectivity index (χ1) is 4.97. The van der Waals surface area contributed by atoms with Crippen LogP contribution in [0.5, 0.6) is 0 Å². The molecule has 1 saturated heterocycles. The van der Waals surface area contributed by atoms with E-state index < -0.39 is 0 Å². The molecule has 2 fully saturated rings. The quantitative estimate of drug-likeness (QED) is 0.485. The lowest BCUT2D eigenvalue weighted by atomic mass is 9.80. The third-order valence-corrected chi connectivity index (χ3v) is 2.97. The summed E-state index contributed by atoms with van der Waals surface area (Å²) in [5, 5.41) is 4.65. The monoisotopic (exact) mass is 138 g/mol. The number of fused-ring (bicyclic) bond motifs is 1. The largest absolute Gasteiger partial charge is 0.238 e. The second-order valence-electron chi connectivity index (χ2n) is 3.66. The van der Waals surface area contributed by atoms with Gasteiger partial charge in [-0.1, -0.05) is 12.8 Å². The third kappa shape index (κ3) is 1.20. The summed E-state index contributed by atoms with van der Waals surface area (Å²) in [7, 11) is 0. The Kier molecular flexibility index (Phi) is 1.94. The van der Waals surface area contributed by atoms with Crippen LogP contribution in [0.25, 0.3) is 0 Å². The summed E-state index contributed by atoms with van der Waals surface area (Å²) in [4.78, 5) is 0. The van der Waals surface area contributed by atoms with Crippen LogP contribution in [0.1, 0.15) is 38.5 Å². The highest BCUT2D eigenvalue weighted by molar-refractivity contribution is 4.83. The smallest absolute Gasteiger partial charge is 0.0274 e. The molecule has 1 aliphatic carbocycles. The van der Waals surface area contributed by atoms with Crippen molar-refractivity contribution >= 4 is 0 Å². The van der Waals surface area contributed by atoms with Crippen LogP contribution in [-0.2, 0) is 0 Å². The topological polar surface area (TPSA) is 14.1 Å². The zero-order valence-electron chi connectivity index (χ0n) is 6.55. The molecule has 0 aromatic rings. The average Bonchev–Trinajstić information content (AvgIpc) is 2.05. The second kappa shape index (κ2) is 2.91. The van der Waals surface area contributed by atoms with Crippen molar-refractivity contribution in [2.45, 2.75) is 44.6 Å². The minimum absolute atomic E-state index is 0.780. The number of piperidine rings is 1. The molecule has 0 aromatic carbocycles. The maximum atomic E-state index is 4.65. The maximum Gasteiger partial charge on any atom is 0.0274 e. The molecule has 10 heavy (non-hydrogen) atoms. The molecule has 1 radical (unpaired) electrons. The van der Waals surface area contributed by atoms with Crippen molar-refractivity contribution in [1.29, 1.82) is 0 Å². The molecule has 0 N–H and O–H groups in total. The van der Waals surface area contributed by atoms with E-state index in [-0.39, 0.29) is 0 Å². The van der Waals surface area contributed by atoms with Crippen molar-refractivity contribution in [3.63, 3.8) is 0 Å². The van der Waals surface area contributed by atoms with Gasteiger partial charge in [0.05, 0.1) is 0 Å². The van der Waals surface area contributed by atoms with Crippen molar-refractivity contribution < 1.29 is 0 Å². The zero-order valence-corrected chi connectivity index (χ0v) is 6.55. The lowest BCUT2D eigenvalue weighted by Gasteiger charge is -2.34. The summed E-state index contributed by atoms with van der Waals surface area (Å²) in [6.07, 6.45) is 8.59. The van der Waals surface area contributed by atoms with Gasteiger partial charge >= 0.3 is 0 Å². The summed E-state index contributed by atoms with van der Waals surface area (Å²) in [5.41, 5.74) is 0. The summed E-state index contributed by atoms with van der Waals surface area (Å²) in [5.74, 6) is 0.988. The fourth-order valence-corrected chi connectivity index (χ4v) is 2.38. The summed E-state index contributed by atoms with van der Waals surface area (Å²) in [6, 6.07) is 0.780. The van der Waals surface area contributed by atoms with E-state index >= 15 is 0 Å². The van der Waals surface area contributed by atoms with Gasteiger partial charge in [0.1, 0.15) is 0 Å². The average molecular weight is 138 g/mol. The number of rotatable bonds is 0. The van der Waals surface area contributed by atoms with Gasteiger partial charge in [0.15, 0.2) is 0 Å². The molecule has 0 amide bonds. The van der Waals surface area contributed by atoms with E-state index in [1.165, 1.54) is 38.5 Å². The van der Waals surface area contributed by atoms with Crippen LogP contribution in [0.3, 0.4) is 0 Å². The van der Waals surface area contributed by atoms with E-state index in [9.17, 15) is 0 Å². The van der Waals surface area contributed by atoms with Crippen LogP contribution in [0.15, 0.2) is 0 Å². The molecular weight excluding hydrogens is 122 g/mol. The van der Waals surface area contributed by atoms with Crippen molar-refractivity contribution in [1.82, 2.24) is 5.32 Å². The van der Waals surface area contributed by atoms with Gasteiger partial charge in [-0.3, -0.25) is 0 Å². The Labute approximate surface area is 63.2 Å². The molecule has 57 valence electrons. The summed E-state index contributed by atoms with van der Waals surface area (Å²) < 4.78 is 0. The number of nitrogens with zero attached hydrogens (tertiary/aromatic N) is 1. The van der Waals surface area contributed by atoms with Gasteiger partial charge in [0, 0.05) is 12.6 Å². The van der Waals surface area contributed by atoms with Crippen LogP contribution >= 0.6 is 0 Å². The molecule has 2 unspecified atom stereocenters. The molecule has 1 heterocycles. The number of hydrogen-bond donors (Lipinski definition) is 0. The van der Waals surface area contributed by atoms with Crippen LogP contribution in [0.4, 0.5) is 0 Å². The molecule has 1 nitrogen and oxygen atoms in total. The van der Waals surface area contributed by atoms with Gasteiger partial charge in [-0.25, -0.2) is 5.32 Å². The van der Waals surface area contributed by atoms with E-state index in [1.807, 2.05) is 0 Å². The van der Waals surface area contributed by atoms with E-state index in [1.54, 1.807) is 0 Å². The Bertz CT molecular complexity index is 85.3. The first kappa shape index (κ1) is 6.66. The van der Waals surface area contributed by atoms with Crippen LogP contribution in [-0.4, -0.2) is 12.6 Å². The minimum atomic E-state index is 0.780. The normalized spacial score (nSPS) is 40.8. The van der Waals surface area contributed by atoms with Gasteiger partial charge < -0.3 is 0 Å². The Morgan fingerprint density at radius 3 is 2.60 bits per heavy atom. The van der Waals surface area contributed by atoms with Crippen molar-refractivity contribution in [3.8, 4) is 0 Å². The highest BCUT2D eigenvalue weighted by atomic mass is 14.9. The molecule has 1 saturated carbocycles. The first-order valence-electron chi connectivity index (χ1n) is 4.63. The fourth-order valence-electron chi connectivity index (χ4n) is 2.38. The summed E-state index contributed by atoms with van der Waals surface area (Å²) >= 11 is 0. The Morgan fingerprint density at radius 2 is 1.70 bits per heavy atom. The molecule has 0 bridgehead atoms. The SMILES string of the molecule is C1CCC2[N]CCCC2C1. The van der Waals surface area contributed by atoms with Crippen molar-refractivity contribution in [2.24, 2.45) is 5.92 Å². The van der Waals surface area contributed by atoms with Gasteiger partial charge in [0.25, 0.3) is 0 Å². The molecule has 0 spiro atoms. The van der Waals surface area contributed by atoms with Gasteiger partial charge in [-0.05, 0) is 31.6 Å². The predicted molar refractivity (Wildman–Crippen MR) is 42.0 cm³/mol. The maximum absolute atomic E-state index is 4.65. The molecular formula is C9H16N. The van der Waals surface area contributed by atoms with E-state index in [2.05, 4.69) is 5.32 Å². The fraction of sp³-hybridized carbons (Fsp3) is 1.00. The van der Waals surface area contributed by atoms with E-state index in [4.69, 9.17) is 0 Å². The van der Waals surface area contributed by atoms with Gasteiger partial charge in [-0.15, -0.1) is 0 Å². The highest BCUT2D eigenvalue weighted by Crippen LogP contribution is 2.30. The van der Waals surface area contributed by atoms with E-state index in [0.717, 1.165) is 18.5 Å². The standard InChI is InChI=1S/C9H16N/c1-2-6-9-8(4-1)5-3-7-10-9/h8-9H,1-7H2. The molecule has 2 atom stereocenters. The second-order valence-corrected chi connectivity index (χ2v) is 3.66. The van der Waals surface area contributed by atoms with Crippen molar-refractivity contribution in [2.75, 3.05) is 6.54 Å². The Balaban J connectivity index is 1.93. The van der Waals surface area contributed by atoms with Crippen LogP contribution in [0.2, 0.25) is 0 Å². The zero-order chi connectivity index (χ0) is 6.81. The van der Waals surface area contributed by atoms with E-state index in [0.29, 0.717) is 0 Å². The van der Waals surface area contributed by atoms with Crippen LogP contribution in [0, 0.1) is 5.92 Å². The van der Waals surface area contributed by atoms with Gasteiger partial charge in [0.2, 0.25) is 0 Å². The molecule has 2 aliphatic rings. The predicted octanol–water partition coefficient (Wildman–Crippen LogP) is 1.94. The van der Waals surface area contributed by atoms with Crippen molar-refractivity contribution in [3.05, 3.63) is 0 Å². The lowest BCUT2D eigenvalue weighted by Crippen LogP contribution is -2.38. The highest BCUT2D eigenvalue weighted by Gasteiger charge is 2.27. The third-order valence-electron chi connectivity index (χ3n) is 2.97. The molecule has 1 aliphatic heterocycles. The molecule has 0 aromatic heterocycles. The number of hydrogen-bond acceptors (Lipinski definition) is 0. The first-order valence-corrected chi connectivity index (χ1v) is 4.63. The van der Waals surface area contributed by atoms with Gasteiger partial charge in [-0.2, -0.15) is 0 Å². The van der Waals surface area contributed by atoms with Crippen LogP contribution < -0.4 is 5.32 Å². The molecule has 2 rings (SSSR count). The Hall–Kier alpha value is -0.0400. The Morgan fingerprint density at radius 1 is 0.900 bits per heavy atom. The summed E-state index contributed by atoms with van der Waals surface area (Å²) in [6.45, 7) is 1.15. The molecule has 1 heteroatoms. The minimum Gasteiger partial charge on any atom is -0.238 e. The lowest BCUT2D eigenvalue weighted by molar-refractivity contribution is 0.207.